The molecule has 0 bridgehead atoms. The fourth-order valence-corrected chi connectivity index (χ4v) is 3.01. The SMILES string of the molecule is CC(C)c1nc(C(=O)NCC2CCCNC2)nn1-c1ccccc1F.Cl. The summed E-state index contributed by atoms with van der Waals surface area (Å²) in [5, 5.41) is 10.5. The Morgan fingerprint density at radius 3 is 2.85 bits per heavy atom. The third-order valence-corrected chi connectivity index (χ3v) is 4.38. The fourth-order valence-electron chi connectivity index (χ4n) is 3.01. The van der Waals surface area contributed by atoms with Gasteiger partial charge in [0, 0.05) is 12.5 Å². The minimum atomic E-state index is -0.394. The molecule has 1 aromatic heterocycles. The summed E-state index contributed by atoms with van der Waals surface area (Å²) < 4.78 is 15.6. The minimum Gasteiger partial charge on any atom is -0.349 e. The van der Waals surface area contributed by atoms with Crippen LogP contribution < -0.4 is 10.6 Å². The monoisotopic (exact) mass is 381 g/mol. The van der Waals surface area contributed by atoms with Crippen LogP contribution in [0.2, 0.25) is 0 Å². The van der Waals surface area contributed by atoms with Crippen molar-refractivity contribution < 1.29 is 9.18 Å². The molecule has 0 aliphatic carbocycles. The predicted molar refractivity (Wildman–Crippen MR) is 101 cm³/mol. The highest BCUT2D eigenvalue weighted by Gasteiger charge is 2.22. The van der Waals surface area contributed by atoms with Gasteiger partial charge in [0.1, 0.15) is 17.3 Å². The Labute approximate surface area is 159 Å². The molecule has 3 rings (SSSR count). The van der Waals surface area contributed by atoms with E-state index in [9.17, 15) is 9.18 Å². The lowest BCUT2D eigenvalue weighted by Gasteiger charge is -2.22. The average molecular weight is 382 g/mol. The number of aromatic nitrogens is 3. The van der Waals surface area contributed by atoms with Crippen LogP contribution >= 0.6 is 12.4 Å². The molecule has 2 N–H and O–H groups in total. The summed E-state index contributed by atoms with van der Waals surface area (Å²) in [6, 6.07) is 6.36. The number of carbonyl (C=O) groups is 1. The van der Waals surface area contributed by atoms with Gasteiger partial charge in [0.25, 0.3) is 5.91 Å². The molecule has 8 heteroatoms. The van der Waals surface area contributed by atoms with Crippen molar-refractivity contribution >= 4 is 18.3 Å². The molecule has 0 saturated carbocycles. The molecule has 26 heavy (non-hydrogen) atoms. The first-order chi connectivity index (χ1) is 12.1. The van der Waals surface area contributed by atoms with E-state index in [2.05, 4.69) is 20.7 Å². The number of para-hydroxylation sites is 1. The number of benzene rings is 1. The lowest BCUT2D eigenvalue weighted by Crippen LogP contribution is -2.38. The number of amides is 1. The highest BCUT2D eigenvalue weighted by molar-refractivity contribution is 5.90. The van der Waals surface area contributed by atoms with Gasteiger partial charge in [0.05, 0.1) is 0 Å². The highest BCUT2D eigenvalue weighted by atomic mass is 35.5. The molecule has 0 radical (unpaired) electrons. The third kappa shape index (κ3) is 4.59. The summed E-state index contributed by atoms with van der Waals surface area (Å²) in [6.45, 7) is 6.43. The van der Waals surface area contributed by atoms with Gasteiger partial charge in [-0.2, -0.15) is 0 Å². The summed E-state index contributed by atoms with van der Waals surface area (Å²) in [6.07, 6.45) is 2.22. The van der Waals surface area contributed by atoms with E-state index in [0.717, 1.165) is 25.9 Å². The quantitative estimate of drug-likeness (QED) is 0.835. The Morgan fingerprint density at radius 1 is 1.42 bits per heavy atom. The zero-order chi connectivity index (χ0) is 17.8. The third-order valence-electron chi connectivity index (χ3n) is 4.38. The van der Waals surface area contributed by atoms with E-state index < -0.39 is 5.82 Å². The van der Waals surface area contributed by atoms with Crippen molar-refractivity contribution in [2.45, 2.75) is 32.6 Å². The molecular formula is C18H25ClFN5O. The fraction of sp³-hybridized carbons (Fsp3) is 0.500. The van der Waals surface area contributed by atoms with E-state index in [1.165, 1.54) is 10.7 Å². The molecular weight excluding hydrogens is 357 g/mol. The number of nitrogens with zero attached hydrogens (tertiary/aromatic N) is 3. The zero-order valence-electron chi connectivity index (χ0n) is 15.0. The van der Waals surface area contributed by atoms with Crippen LogP contribution in [0.15, 0.2) is 24.3 Å². The summed E-state index contributed by atoms with van der Waals surface area (Å²) in [4.78, 5) is 16.8. The van der Waals surface area contributed by atoms with E-state index in [-0.39, 0.29) is 30.1 Å². The van der Waals surface area contributed by atoms with Gasteiger partial charge in [-0.05, 0) is 44.0 Å². The molecule has 1 saturated heterocycles. The van der Waals surface area contributed by atoms with Crippen LogP contribution in [0.1, 0.15) is 49.1 Å². The molecule has 1 aliphatic heterocycles. The van der Waals surface area contributed by atoms with Crippen LogP contribution in [0.3, 0.4) is 0 Å². The Balaban J connectivity index is 0.00000243. The van der Waals surface area contributed by atoms with E-state index in [0.29, 0.717) is 24.0 Å². The lowest BCUT2D eigenvalue weighted by atomic mass is 10.00. The second kappa shape index (κ2) is 9.09. The van der Waals surface area contributed by atoms with Gasteiger partial charge in [-0.3, -0.25) is 4.79 Å². The molecule has 142 valence electrons. The van der Waals surface area contributed by atoms with Crippen molar-refractivity contribution in [2.24, 2.45) is 5.92 Å². The lowest BCUT2D eigenvalue weighted by molar-refractivity contribution is 0.0934. The smallest absolute Gasteiger partial charge is 0.290 e. The van der Waals surface area contributed by atoms with Crippen LogP contribution in [0, 0.1) is 11.7 Å². The Morgan fingerprint density at radius 2 is 2.19 bits per heavy atom. The second-order valence-electron chi connectivity index (χ2n) is 6.73. The average Bonchev–Trinajstić information content (AvgIpc) is 3.06. The first-order valence-corrected chi connectivity index (χ1v) is 8.77. The summed E-state index contributed by atoms with van der Waals surface area (Å²) in [5.74, 6) is 0.370. The van der Waals surface area contributed by atoms with Crippen LogP contribution in [0.4, 0.5) is 4.39 Å². The maximum Gasteiger partial charge on any atom is 0.290 e. The molecule has 2 aromatic rings. The molecule has 0 spiro atoms. The summed E-state index contributed by atoms with van der Waals surface area (Å²) in [7, 11) is 0. The molecule has 1 aromatic carbocycles. The number of halogens is 2. The predicted octanol–water partition coefficient (Wildman–Crippen LogP) is 2.68. The van der Waals surface area contributed by atoms with Crippen molar-refractivity contribution in [1.82, 2.24) is 25.4 Å². The number of rotatable bonds is 5. The van der Waals surface area contributed by atoms with Crippen molar-refractivity contribution in [2.75, 3.05) is 19.6 Å². The van der Waals surface area contributed by atoms with Gasteiger partial charge in [-0.15, -0.1) is 17.5 Å². The molecule has 6 nitrogen and oxygen atoms in total. The molecule has 1 fully saturated rings. The van der Waals surface area contributed by atoms with E-state index >= 15 is 0 Å². The van der Waals surface area contributed by atoms with Gasteiger partial charge >= 0.3 is 0 Å². The second-order valence-corrected chi connectivity index (χ2v) is 6.73. The standard InChI is InChI=1S/C18H24FN5O.ClH/c1-12(2)17-22-16(18(25)21-11-13-6-5-9-20-10-13)23-24(17)15-8-4-3-7-14(15)19;/h3-4,7-8,12-13,20H,5-6,9-11H2,1-2H3,(H,21,25);1H. The van der Waals surface area contributed by atoms with Crippen molar-refractivity contribution in [3.8, 4) is 5.69 Å². The Kier molecular flexibility index (Phi) is 7.11. The molecule has 2 heterocycles. The zero-order valence-corrected chi connectivity index (χ0v) is 15.9. The number of hydrogen-bond acceptors (Lipinski definition) is 4. The number of carbonyl (C=O) groups excluding carboxylic acids is 1. The normalized spacial score (nSPS) is 17.0. The number of nitrogens with one attached hydrogen (secondary N) is 2. The first kappa shape index (κ1) is 20.3. The molecule has 1 unspecified atom stereocenters. The Hall–Kier alpha value is -1.99. The molecule has 1 aliphatic rings. The molecule has 1 atom stereocenters. The van der Waals surface area contributed by atoms with E-state index in [1.807, 2.05) is 13.8 Å². The topological polar surface area (TPSA) is 71.8 Å². The van der Waals surface area contributed by atoms with E-state index in [4.69, 9.17) is 0 Å². The number of hydrogen-bond donors (Lipinski definition) is 2. The maximum absolute atomic E-state index is 14.1. The Bertz CT molecular complexity index is 743. The van der Waals surface area contributed by atoms with Crippen LogP contribution in [-0.4, -0.2) is 40.3 Å². The van der Waals surface area contributed by atoms with Gasteiger partial charge in [-0.1, -0.05) is 26.0 Å². The maximum atomic E-state index is 14.1. The minimum absolute atomic E-state index is 0. The van der Waals surface area contributed by atoms with Crippen LogP contribution in [0.25, 0.3) is 5.69 Å². The summed E-state index contributed by atoms with van der Waals surface area (Å²) >= 11 is 0. The highest BCUT2D eigenvalue weighted by Crippen LogP contribution is 2.19. The van der Waals surface area contributed by atoms with Crippen LogP contribution in [0.5, 0.6) is 0 Å². The van der Waals surface area contributed by atoms with Gasteiger partial charge < -0.3 is 10.6 Å². The van der Waals surface area contributed by atoms with Gasteiger partial charge in [0.15, 0.2) is 0 Å². The van der Waals surface area contributed by atoms with E-state index in [1.54, 1.807) is 18.2 Å². The van der Waals surface area contributed by atoms with Gasteiger partial charge in [-0.25, -0.2) is 14.1 Å². The van der Waals surface area contributed by atoms with Crippen molar-refractivity contribution in [3.63, 3.8) is 0 Å². The number of piperidine rings is 1. The summed E-state index contributed by atoms with van der Waals surface area (Å²) in [5.41, 5.74) is 0.300. The molecule has 1 amide bonds. The van der Waals surface area contributed by atoms with Crippen molar-refractivity contribution in [3.05, 3.63) is 41.7 Å². The first-order valence-electron chi connectivity index (χ1n) is 8.77. The largest absolute Gasteiger partial charge is 0.349 e. The van der Waals surface area contributed by atoms with Gasteiger partial charge in [0.2, 0.25) is 5.82 Å². The van der Waals surface area contributed by atoms with Crippen LogP contribution in [-0.2, 0) is 0 Å². The van der Waals surface area contributed by atoms with Crippen molar-refractivity contribution in [1.29, 1.82) is 0 Å².